The summed E-state index contributed by atoms with van der Waals surface area (Å²) in [7, 11) is 2.19. The van der Waals surface area contributed by atoms with Gasteiger partial charge in [0.2, 0.25) is 0 Å². The molecule has 1 unspecified atom stereocenters. The van der Waals surface area contributed by atoms with E-state index in [-0.39, 0.29) is 5.91 Å². The van der Waals surface area contributed by atoms with E-state index in [0.717, 1.165) is 25.3 Å². The van der Waals surface area contributed by atoms with Crippen LogP contribution in [0.2, 0.25) is 0 Å². The molecule has 1 aliphatic heterocycles. The predicted octanol–water partition coefficient (Wildman–Crippen LogP) is 2.24. The second-order valence-corrected chi connectivity index (χ2v) is 7.50. The Kier molecular flexibility index (Phi) is 4.93. The second-order valence-electron chi connectivity index (χ2n) is 7.50. The molecule has 1 saturated heterocycles. The van der Waals surface area contributed by atoms with Gasteiger partial charge in [0, 0.05) is 31.9 Å². The van der Waals surface area contributed by atoms with Gasteiger partial charge in [-0.25, -0.2) is 0 Å². The van der Waals surface area contributed by atoms with Crippen LogP contribution in [0.1, 0.15) is 35.3 Å². The molecular weight excluding hydrogens is 326 g/mol. The third-order valence-electron chi connectivity index (χ3n) is 5.88. The Morgan fingerprint density at radius 1 is 1.19 bits per heavy atom. The van der Waals surface area contributed by atoms with Gasteiger partial charge in [-0.2, -0.15) is 10.2 Å². The van der Waals surface area contributed by atoms with Crippen LogP contribution in [0, 0.1) is 11.8 Å². The van der Waals surface area contributed by atoms with Crippen LogP contribution in [0.15, 0.2) is 42.9 Å². The normalized spacial score (nSPS) is 25.3. The zero-order valence-corrected chi connectivity index (χ0v) is 15.2. The van der Waals surface area contributed by atoms with Crippen molar-refractivity contribution < 1.29 is 4.79 Å². The molecule has 0 radical (unpaired) electrons. The number of carbonyl (C=O) groups is 1. The molecule has 4 rings (SSSR count). The molecular formula is C20H25N5O. The van der Waals surface area contributed by atoms with Gasteiger partial charge in [-0.15, -0.1) is 0 Å². The summed E-state index contributed by atoms with van der Waals surface area (Å²) in [6, 6.07) is 8.33. The molecule has 6 nitrogen and oxygen atoms in total. The molecule has 1 aliphatic carbocycles. The van der Waals surface area contributed by atoms with Crippen molar-refractivity contribution in [1.29, 1.82) is 0 Å². The van der Waals surface area contributed by atoms with E-state index in [1.165, 1.54) is 19.3 Å². The van der Waals surface area contributed by atoms with E-state index in [0.29, 0.717) is 23.4 Å². The molecule has 1 saturated carbocycles. The first-order valence-electron chi connectivity index (χ1n) is 9.38. The zero-order valence-electron chi connectivity index (χ0n) is 15.2. The highest BCUT2D eigenvalue weighted by atomic mass is 16.2. The number of nitrogens with zero attached hydrogens (tertiary/aromatic N) is 5. The van der Waals surface area contributed by atoms with Crippen molar-refractivity contribution in [3.05, 3.63) is 54.1 Å². The molecule has 3 heterocycles. The first-order chi connectivity index (χ1) is 12.7. The average molecular weight is 351 g/mol. The largest absolute Gasteiger partial charge is 0.338 e. The molecule has 6 heteroatoms. The van der Waals surface area contributed by atoms with Gasteiger partial charge < -0.3 is 4.90 Å². The van der Waals surface area contributed by atoms with Crippen molar-refractivity contribution in [3.63, 3.8) is 0 Å². The van der Waals surface area contributed by atoms with Gasteiger partial charge in [0.1, 0.15) is 0 Å². The summed E-state index contributed by atoms with van der Waals surface area (Å²) < 4.78 is 0. The lowest BCUT2D eigenvalue weighted by Gasteiger charge is -2.38. The molecule has 2 fully saturated rings. The fourth-order valence-electron chi connectivity index (χ4n) is 4.62. The lowest BCUT2D eigenvalue weighted by molar-refractivity contribution is 0.0769. The van der Waals surface area contributed by atoms with Crippen LogP contribution in [0.4, 0.5) is 0 Å². The van der Waals surface area contributed by atoms with Crippen LogP contribution in [0.5, 0.6) is 0 Å². The van der Waals surface area contributed by atoms with Crippen molar-refractivity contribution in [2.75, 3.05) is 20.1 Å². The van der Waals surface area contributed by atoms with E-state index in [1.807, 2.05) is 23.2 Å². The van der Waals surface area contributed by atoms with Gasteiger partial charge in [0.05, 0.1) is 23.7 Å². The van der Waals surface area contributed by atoms with Crippen molar-refractivity contribution in [1.82, 2.24) is 25.0 Å². The van der Waals surface area contributed by atoms with Crippen LogP contribution in [0.3, 0.4) is 0 Å². The Bertz CT molecular complexity index is 738. The number of aromatic nitrogens is 3. The summed E-state index contributed by atoms with van der Waals surface area (Å²) >= 11 is 0. The minimum absolute atomic E-state index is 0.0837. The number of hydrogen-bond acceptors (Lipinski definition) is 5. The first kappa shape index (κ1) is 17.1. The van der Waals surface area contributed by atoms with Crippen LogP contribution >= 0.6 is 0 Å². The minimum atomic E-state index is 0.0837. The number of pyridine rings is 1. The first-order valence-corrected chi connectivity index (χ1v) is 9.38. The summed E-state index contributed by atoms with van der Waals surface area (Å²) in [6.07, 6.45) is 8.65. The van der Waals surface area contributed by atoms with Gasteiger partial charge in [0.25, 0.3) is 5.91 Å². The Morgan fingerprint density at radius 2 is 2.12 bits per heavy atom. The fraction of sp³-hybridized carbons (Fsp3) is 0.500. The molecule has 0 N–H and O–H groups in total. The van der Waals surface area contributed by atoms with Crippen molar-refractivity contribution in [3.8, 4) is 0 Å². The fourth-order valence-corrected chi connectivity index (χ4v) is 4.62. The summed E-state index contributed by atoms with van der Waals surface area (Å²) in [4.78, 5) is 21.7. The summed E-state index contributed by atoms with van der Waals surface area (Å²) in [6.45, 7) is 2.56. The molecule has 2 aromatic rings. The Morgan fingerprint density at radius 3 is 2.88 bits per heavy atom. The molecule has 0 spiro atoms. The maximum atomic E-state index is 12.8. The third-order valence-corrected chi connectivity index (χ3v) is 5.88. The lowest BCUT2D eigenvalue weighted by atomic mass is 9.77. The quantitative estimate of drug-likeness (QED) is 0.845. The number of fused-ring (bicyclic) bond motifs is 1. The second kappa shape index (κ2) is 7.50. The number of carbonyl (C=O) groups excluding carboxylic acids is 1. The lowest BCUT2D eigenvalue weighted by Crippen LogP contribution is -2.43. The molecule has 2 aromatic heterocycles. The van der Waals surface area contributed by atoms with E-state index in [1.54, 1.807) is 18.5 Å². The van der Waals surface area contributed by atoms with Crippen molar-refractivity contribution in [2.24, 2.45) is 11.8 Å². The summed E-state index contributed by atoms with van der Waals surface area (Å²) in [5, 5.41) is 7.61. The zero-order chi connectivity index (χ0) is 17.9. The maximum Gasteiger partial charge on any atom is 0.255 e. The van der Waals surface area contributed by atoms with Crippen LogP contribution < -0.4 is 0 Å². The third kappa shape index (κ3) is 3.46. The van der Waals surface area contributed by atoms with Gasteiger partial charge in [-0.3, -0.25) is 14.7 Å². The SMILES string of the molecule is CN(Cc1ccccn1)C1CCC[C@@H]2CN(C(=O)c3ccnnc3)C[C@H]12. The highest BCUT2D eigenvalue weighted by molar-refractivity contribution is 5.94. The van der Waals surface area contributed by atoms with Crippen LogP contribution in [-0.4, -0.2) is 57.1 Å². The molecule has 1 amide bonds. The molecule has 0 aromatic carbocycles. The molecule has 3 atom stereocenters. The van der Waals surface area contributed by atoms with E-state index in [9.17, 15) is 4.79 Å². The van der Waals surface area contributed by atoms with Crippen molar-refractivity contribution >= 4 is 5.91 Å². The minimum Gasteiger partial charge on any atom is -0.338 e. The molecule has 2 aliphatic rings. The maximum absolute atomic E-state index is 12.8. The average Bonchev–Trinajstić information content (AvgIpc) is 3.13. The summed E-state index contributed by atoms with van der Waals surface area (Å²) in [5.74, 6) is 1.22. The highest BCUT2D eigenvalue weighted by Gasteiger charge is 2.43. The van der Waals surface area contributed by atoms with E-state index >= 15 is 0 Å². The highest BCUT2D eigenvalue weighted by Crippen LogP contribution is 2.39. The van der Waals surface area contributed by atoms with E-state index in [2.05, 4.69) is 33.2 Å². The predicted molar refractivity (Wildman–Crippen MR) is 98.3 cm³/mol. The molecule has 0 bridgehead atoms. The monoisotopic (exact) mass is 351 g/mol. The smallest absolute Gasteiger partial charge is 0.255 e. The van der Waals surface area contributed by atoms with Gasteiger partial charge in [-0.1, -0.05) is 12.5 Å². The van der Waals surface area contributed by atoms with E-state index < -0.39 is 0 Å². The molecule has 136 valence electrons. The summed E-state index contributed by atoms with van der Waals surface area (Å²) in [5.41, 5.74) is 1.74. The van der Waals surface area contributed by atoms with Gasteiger partial charge in [-0.05, 0) is 49.9 Å². The number of likely N-dealkylation sites (tertiary alicyclic amines) is 1. The van der Waals surface area contributed by atoms with Crippen LogP contribution in [-0.2, 0) is 6.54 Å². The Labute approximate surface area is 154 Å². The number of amides is 1. The number of rotatable bonds is 4. The molecule has 26 heavy (non-hydrogen) atoms. The van der Waals surface area contributed by atoms with E-state index in [4.69, 9.17) is 0 Å². The van der Waals surface area contributed by atoms with Crippen LogP contribution in [0.25, 0.3) is 0 Å². The Hall–Kier alpha value is -2.34. The Balaban J connectivity index is 1.45. The topological polar surface area (TPSA) is 62.2 Å². The van der Waals surface area contributed by atoms with Gasteiger partial charge in [0.15, 0.2) is 0 Å². The number of hydrogen-bond donors (Lipinski definition) is 0. The van der Waals surface area contributed by atoms with Crippen molar-refractivity contribution in [2.45, 2.75) is 31.8 Å². The van der Waals surface area contributed by atoms with Gasteiger partial charge >= 0.3 is 0 Å². The standard InChI is InChI=1S/C20H25N5O/c1-24(13-17-6-2-3-9-21-17)19-7-4-5-16-12-25(14-18(16)19)20(26)15-8-10-22-23-11-15/h2-3,6,8-11,16,18-19H,4-5,7,12-14H2,1H3/t16-,18+,19?/m1/s1.